The third-order valence-corrected chi connectivity index (χ3v) is 4.99. The zero-order chi connectivity index (χ0) is 15.3. The van der Waals surface area contributed by atoms with Crippen molar-refractivity contribution in [3.63, 3.8) is 0 Å². The summed E-state index contributed by atoms with van der Waals surface area (Å²) < 4.78 is 48.4. The van der Waals surface area contributed by atoms with Crippen LogP contribution in [0, 0.1) is 0 Å². The van der Waals surface area contributed by atoms with Crippen LogP contribution in [0.2, 0.25) is 0 Å². The smallest absolute Gasteiger partial charge is 0.351 e. The molecule has 1 heterocycles. The Kier molecular flexibility index (Phi) is 5.29. The van der Waals surface area contributed by atoms with Crippen LogP contribution in [0.25, 0.3) is 0 Å². The van der Waals surface area contributed by atoms with Gasteiger partial charge in [-0.3, -0.25) is 4.21 Å². The van der Waals surface area contributed by atoms with Crippen LogP contribution in [0.3, 0.4) is 0 Å². The van der Waals surface area contributed by atoms with E-state index in [0.29, 0.717) is 12.2 Å². The van der Waals surface area contributed by atoms with Gasteiger partial charge in [-0.2, -0.15) is 13.2 Å². The van der Waals surface area contributed by atoms with Gasteiger partial charge in [0.15, 0.2) is 0 Å². The molecule has 0 aliphatic carbocycles. The Morgan fingerprint density at radius 1 is 1.19 bits per heavy atom. The van der Waals surface area contributed by atoms with E-state index in [-0.39, 0.29) is 9.47 Å². The third-order valence-electron chi connectivity index (χ3n) is 2.46. The van der Waals surface area contributed by atoms with E-state index in [1.165, 1.54) is 0 Å². The Hall–Kier alpha value is -1.48. The summed E-state index contributed by atoms with van der Waals surface area (Å²) in [5.41, 5.74) is 1.05. The molecule has 1 aromatic carbocycles. The zero-order valence-corrected chi connectivity index (χ0v) is 12.4. The topological polar surface area (TPSA) is 54.9 Å². The van der Waals surface area contributed by atoms with E-state index in [9.17, 15) is 17.4 Å². The Labute approximate surface area is 125 Å². The van der Waals surface area contributed by atoms with E-state index in [0.717, 1.165) is 16.9 Å². The molecule has 9 heteroatoms. The first-order valence-corrected chi connectivity index (χ1v) is 8.14. The van der Waals surface area contributed by atoms with Gasteiger partial charge >= 0.3 is 6.18 Å². The molecule has 1 atom stereocenters. The predicted octanol–water partition coefficient (Wildman–Crippen LogP) is 2.86. The first-order chi connectivity index (χ1) is 9.94. The Balaban J connectivity index is 1.87. The van der Waals surface area contributed by atoms with E-state index < -0.39 is 23.5 Å². The minimum Gasteiger partial charge on any atom is -0.351 e. The lowest BCUT2D eigenvalue weighted by Crippen LogP contribution is -2.21. The molecule has 2 rings (SSSR count). The summed E-state index contributed by atoms with van der Waals surface area (Å²) in [5.74, 6) is 0.359. The molecule has 0 aliphatic heterocycles. The molecule has 0 amide bonds. The molecule has 0 fully saturated rings. The van der Waals surface area contributed by atoms with Gasteiger partial charge < -0.3 is 5.32 Å². The predicted molar refractivity (Wildman–Crippen MR) is 75.9 cm³/mol. The number of alkyl halides is 3. The summed E-state index contributed by atoms with van der Waals surface area (Å²) in [5, 5.41) is 9.37. The highest BCUT2D eigenvalue weighted by Gasteiger charge is 2.27. The summed E-state index contributed by atoms with van der Waals surface area (Å²) in [6.07, 6.45) is -3.71. The molecule has 2 aromatic rings. The largest absolute Gasteiger partial charge is 0.405 e. The Morgan fingerprint density at radius 3 is 2.57 bits per heavy atom. The van der Waals surface area contributed by atoms with E-state index in [4.69, 9.17) is 0 Å². The van der Waals surface area contributed by atoms with E-state index >= 15 is 0 Å². The van der Waals surface area contributed by atoms with Gasteiger partial charge in [0.1, 0.15) is 6.54 Å². The SMILES string of the molecule is O=S(CCc1ccccc1)c1nnc(NCC(F)(F)F)s1. The third kappa shape index (κ3) is 5.43. The number of aryl methyl sites for hydroxylation is 1. The lowest BCUT2D eigenvalue weighted by Gasteiger charge is -2.05. The van der Waals surface area contributed by atoms with Crippen LogP contribution in [-0.4, -0.2) is 32.9 Å². The lowest BCUT2D eigenvalue weighted by molar-refractivity contribution is -0.115. The van der Waals surface area contributed by atoms with Gasteiger partial charge in [0.05, 0.1) is 10.8 Å². The van der Waals surface area contributed by atoms with Gasteiger partial charge in [0.25, 0.3) is 0 Å². The Bertz CT molecular complexity index is 601. The van der Waals surface area contributed by atoms with E-state index in [1.807, 2.05) is 30.3 Å². The molecule has 0 spiro atoms. The van der Waals surface area contributed by atoms with Crippen molar-refractivity contribution in [3.05, 3.63) is 35.9 Å². The number of rotatable bonds is 6. The summed E-state index contributed by atoms with van der Waals surface area (Å²) in [4.78, 5) is 0. The average Bonchev–Trinajstić information content (AvgIpc) is 2.92. The first-order valence-electron chi connectivity index (χ1n) is 6.00. The fourth-order valence-corrected chi connectivity index (χ4v) is 3.55. The molecule has 21 heavy (non-hydrogen) atoms. The van der Waals surface area contributed by atoms with Gasteiger partial charge in [0, 0.05) is 5.75 Å². The van der Waals surface area contributed by atoms with Crippen LogP contribution >= 0.6 is 11.3 Å². The second-order valence-corrected chi connectivity index (χ2v) is 6.85. The van der Waals surface area contributed by atoms with Crippen molar-refractivity contribution in [2.24, 2.45) is 0 Å². The van der Waals surface area contributed by atoms with Gasteiger partial charge in [-0.15, -0.1) is 10.2 Å². The second-order valence-electron chi connectivity index (χ2n) is 4.13. The van der Waals surface area contributed by atoms with Crippen LogP contribution in [0.15, 0.2) is 34.7 Å². The van der Waals surface area contributed by atoms with Crippen molar-refractivity contribution < 1.29 is 17.4 Å². The fourth-order valence-electron chi connectivity index (χ4n) is 1.49. The minimum absolute atomic E-state index is 0.0235. The van der Waals surface area contributed by atoms with Crippen LogP contribution in [0.5, 0.6) is 0 Å². The molecule has 0 radical (unpaired) electrons. The van der Waals surface area contributed by atoms with Crippen LogP contribution in [0.1, 0.15) is 5.56 Å². The maximum atomic E-state index is 12.0. The van der Waals surface area contributed by atoms with Crippen LogP contribution in [0.4, 0.5) is 18.3 Å². The van der Waals surface area contributed by atoms with Crippen molar-refractivity contribution in [1.82, 2.24) is 10.2 Å². The molecule has 0 saturated carbocycles. The number of hydrogen-bond donors (Lipinski definition) is 1. The molecule has 114 valence electrons. The molecular weight excluding hydrogens is 323 g/mol. The molecule has 1 unspecified atom stereocenters. The quantitative estimate of drug-likeness (QED) is 0.882. The number of hydrogen-bond acceptors (Lipinski definition) is 5. The van der Waals surface area contributed by atoms with Gasteiger partial charge in [-0.25, -0.2) is 0 Å². The molecule has 0 saturated heterocycles. The average molecular weight is 335 g/mol. The minimum atomic E-state index is -4.32. The number of halogens is 3. The van der Waals surface area contributed by atoms with E-state index in [2.05, 4.69) is 15.5 Å². The highest BCUT2D eigenvalue weighted by atomic mass is 32.2. The summed E-state index contributed by atoms with van der Waals surface area (Å²) in [7, 11) is -1.36. The van der Waals surface area contributed by atoms with Crippen molar-refractivity contribution >= 4 is 27.3 Å². The van der Waals surface area contributed by atoms with Crippen LogP contribution in [-0.2, 0) is 17.2 Å². The van der Waals surface area contributed by atoms with Crippen molar-refractivity contribution in [2.75, 3.05) is 17.6 Å². The molecular formula is C12H12F3N3OS2. The summed E-state index contributed by atoms with van der Waals surface area (Å²) in [6, 6.07) is 9.52. The highest BCUT2D eigenvalue weighted by Crippen LogP contribution is 2.21. The maximum absolute atomic E-state index is 12.0. The standard InChI is InChI=1S/C12H12F3N3OS2/c13-12(14,15)8-16-10-17-18-11(20-10)21(19)7-6-9-4-2-1-3-5-9/h1-5H,6-8H2,(H,16,17). The van der Waals surface area contributed by atoms with Crippen molar-refractivity contribution in [3.8, 4) is 0 Å². The first kappa shape index (κ1) is 15.9. The van der Waals surface area contributed by atoms with Crippen molar-refractivity contribution in [2.45, 2.75) is 16.9 Å². The maximum Gasteiger partial charge on any atom is 0.405 e. The molecule has 0 bridgehead atoms. The lowest BCUT2D eigenvalue weighted by atomic mass is 10.2. The van der Waals surface area contributed by atoms with E-state index in [1.54, 1.807) is 0 Å². The summed E-state index contributed by atoms with van der Waals surface area (Å²) >= 11 is 0.883. The monoisotopic (exact) mass is 335 g/mol. The Morgan fingerprint density at radius 2 is 1.90 bits per heavy atom. The molecule has 1 aromatic heterocycles. The summed E-state index contributed by atoms with van der Waals surface area (Å²) in [6.45, 7) is -1.18. The molecule has 0 aliphatic rings. The second kappa shape index (κ2) is 6.99. The number of nitrogens with zero attached hydrogens (tertiary/aromatic N) is 2. The van der Waals surface area contributed by atoms with Crippen LogP contribution < -0.4 is 5.32 Å². The normalized spacial score (nSPS) is 13.1. The molecule has 1 N–H and O–H groups in total. The van der Waals surface area contributed by atoms with Gasteiger partial charge in [-0.1, -0.05) is 41.7 Å². The molecule has 4 nitrogen and oxygen atoms in total. The number of aromatic nitrogens is 2. The van der Waals surface area contributed by atoms with Gasteiger partial charge in [0.2, 0.25) is 9.47 Å². The highest BCUT2D eigenvalue weighted by molar-refractivity contribution is 7.87. The van der Waals surface area contributed by atoms with Crippen molar-refractivity contribution in [1.29, 1.82) is 0 Å². The number of nitrogens with one attached hydrogen (secondary N) is 1. The zero-order valence-electron chi connectivity index (χ0n) is 10.8. The number of anilines is 1. The number of benzene rings is 1. The fraction of sp³-hybridized carbons (Fsp3) is 0.333. The van der Waals surface area contributed by atoms with Gasteiger partial charge in [-0.05, 0) is 12.0 Å².